The first-order valence-electron chi connectivity index (χ1n) is 7.01. The van der Waals surface area contributed by atoms with Crippen LogP contribution in [-0.2, 0) is 19.4 Å². The zero-order chi connectivity index (χ0) is 17.0. The van der Waals surface area contributed by atoms with Gasteiger partial charge in [-0.05, 0) is 25.8 Å². The van der Waals surface area contributed by atoms with Crippen LogP contribution in [-0.4, -0.2) is 66.3 Å². The molecule has 2 aliphatic rings. The molecule has 0 spiro atoms. The molecule has 2 rings (SSSR count). The van der Waals surface area contributed by atoms with Gasteiger partial charge in [0.25, 0.3) is 0 Å². The van der Waals surface area contributed by atoms with Crippen LogP contribution in [0.5, 0.6) is 0 Å². The Balaban J connectivity index is 0.00000288. The molecule has 13 heteroatoms. The van der Waals surface area contributed by atoms with E-state index in [1.54, 1.807) is 6.92 Å². The molecule has 2 aliphatic heterocycles. The number of nitrogens with two attached hydrogens (primary N) is 1. The summed E-state index contributed by atoms with van der Waals surface area (Å²) >= 11 is 0. The molecule has 1 fully saturated rings. The van der Waals surface area contributed by atoms with Crippen LogP contribution < -0.4 is 11.1 Å². The van der Waals surface area contributed by atoms with E-state index in [1.807, 2.05) is 4.90 Å². The van der Waals surface area contributed by atoms with Crippen LogP contribution in [0.3, 0.4) is 0 Å². The van der Waals surface area contributed by atoms with Gasteiger partial charge < -0.3 is 20.8 Å². The van der Waals surface area contributed by atoms with Gasteiger partial charge in [0.15, 0.2) is 0 Å². The maximum absolute atomic E-state index is 11.6. The van der Waals surface area contributed by atoms with Crippen LogP contribution >= 0.6 is 0 Å². The summed E-state index contributed by atoms with van der Waals surface area (Å²) in [5.41, 5.74) is 5.83. The third-order valence-corrected chi connectivity index (χ3v) is 3.46. The summed E-state index contributed by atoms with van der Waals surface area (Å²) in [6, 6.07) is 0. The number of guanidine groups is 1. The number of alkyl carbamates (subject to hydrolysis) is 1. The van der Waals surface area contributed by atoms with Gasteiger partial charge in [0.05, 0.1) is 6.61 Å². The Morgan fingerprint density at radius 2 is 2.12 bits per heavy atom. The molecule has 0 aliphatic carbocycles. The molecule has 0 saturated carbocycles. The number of nitrogens with one attached hydrogen (secondary N) is 1. The summed E-state index contributed by atoms with van der Waals surface area (Å²) in [6.45, 7) is 3.26. The van der Waals surface area contributed by atoms with Crippen LogP contribution in [0, 0.1) is 0 Å². The average molecular weight is 367 g/mol. The van der Waals surface area contributed by atoms with Crippen molar-refractivity contribution < 1.29 is 32.3 Å². The third-order valence-electron chi connectivity index (χ3n) is 3.11. The van der Waals surface area contributed by atoms with E-state index in [-0.39, 0.29) is 18.0 Å². The second-order valence-electron chi connectivity index (χ2n) is 4.82. The smallest absolute Gasteiger partial charge is 0.418 e. The lowest BCUT2D eigenvalue weighted by atomic mass is 10.3. The SMILES string of the molecule is CCOC(=O)NC1=NC(N2CCCC2)=CC(N)N1OS(=O)(=O)O.O. The van der Waals surface area contributed by atoms with Gasteiger partial charge in [0.2, 0.25) is 5.96 Å². The van der Waals surface area contributed by atoms with Gasteiger partial charge >= 0.3 is 16.5 Å². The molecule has 1 unspecified atom stereocenters. The number of likely N-dealkylation sites (tertiary alicyclic amines) is 1. The minimum Gasteiger partial charge on any atom is -0.450 e. The van der Waals surface area contributed by atoms with Gasteiger partial charge in [-0.2, -0.15) is 18.5 Å². The van der Waals surface area contributed by atoms with E-state index in [4.69, 9.17) is 15.0 Å². The van der Waals surface area contributed by atoms with Crippen molar-refractivity contribution in [1.82, 2.24) is 15.3 Å². The van der Waals surface area contributed by atoms with E-state index < -0.39 is 22.7 Å². The highest BCUT2D eigenvalue weighted by Gasteiger charge is 2.31. The van der Waals surface area contributed by atoms with Crippen LogP contribution in [0.4, 0.5) is 4.79 Å². The number of amides is 1. The lowest BCUT2D eigenvalue weighted by Gasteiger charge is -2.32. The number of hydroxylamine groups is 2. The second kappa shape index (κ2) is 8.25. The molecule has 0 aromatic rings. The van der Waals surface area contributed by atoms with Crippen molar-refractivity contribution in [3.63, 3.8) is 0 Å². The molecule has 1 atom stereocenters. The molecule has 0 bridgehead atoms. The molecule has 2 heterocycles. The van der Waals surface area contributed by atoms with Crippen molar-refractivity contribution in [3.8, 4) is 0 Å². The minimum absolute atomic E-state index is 0. The van der Waals surface area contributed by atoms with Gasteiger partial charge in [-0.25, -0.2) is 4.79 Å². The summed E-state index contributed by atoms with van der Waals surface area (Å²) < 4.78 is 39.8. The molecule has 138 valence electrons. The first-order chi connectivity index (χ1) is 10.8. The van der Waals surface area contributed by atoms with Crippen LogP contribution in [0.2, 0.25) is 0 Å². The number of hydrogen-bond donors (Lipinski definition) is 3. The molecule has 0 radical (unpaired) electrons. The van der Waals surface area contributed by atoms with Crippen LogP contribution in [0.25, 0.3) is 0 Å². The molecule has 24 heavy (non-hydrogen) atoms. The highest BCUT2D eigenvalue weighted by molar-refractivity contribution is 7.80. The topological polar surface area (TPSA) is 178 Å². The maximum atomic E-state index is 11.6. The number of rotatable bonds is 4. The highest BCUT2D eigenvalue weighted by atomic mass is 32.3. The van der Waals surface area contributed by atoms with Gasteiger partial charge in [0, 0.05) is 13.1 Å². The molecule has 1 saturated heterocycles. The molecular weight excluding hydrogens is 346 g/mol. The number of carbonyl (C=O) groups excluding carboxylic acids is 1. The Bertz CT molecular complexity index is 614. The van der Waals surface area contributed by atoms with Crippen molar-refractivity contribution in [2.24, 2.45) is 10.7 Å². The van der Waals surface area contributed by atoms with Crippen LogP contribution in [0.15, 0.2) is 16.9 Å². The van der Waals surface area contributed by atoms with Crippen molar-refractivity contribution >= 4 is 22.5 Å². The fraction of sp³-hybridized carbons (Fsp3) is 0.636. The molecule has 6 N–H and O–H groups in total. The number of carbonyl (C=O) groups is 1. The first kappa shape index (κ1) is 20.1. The van der Waals surface area contributed by atoms with E-state index in [9.17, 15) is 13.2 Å². The fourth-order valence-corrected chi connectivity index (χ4v) is 2.58. The summed E-state index contributed by atoms with van der Waals surface area (Å²) in [7, 11) is -4.84. The van der Waals surface area contributed by atoms with Crippen molar-refractivity contribution in [3.05, 3.63) is 11.9 Å². The largest absolute Gasteiger partial charge is 0.450 e. The number of hydrogen-bond acceptors (Lipinski definition) is 9. The van der Waals surface area contributed by atoms with E-state index >= 15 is 0 Å². The second-order valence-corrected chi connectivity index (χ2v) is 5.82. The predicted molar refractivity (Wildman–Crippen MR) is 82.5 cm³/mol. The third kappa shape index (κ3) is 5.31. The first-order valence-corrected chi connectivity index (χ1v) is 8.37. The zero-order valence-electron chi connectivity index (χ0n) is 13.0. The summed E-state index contributed by atoms with van der Waals surface area (Å²) in [6.07, 6.45) is 1.52. The Morgan fingerprint density at radius 1 is 1.50 bits per heavy atom. The Morgan fingerprint density at radius 3 is 2.67 bits per heavy atom. The lowest BCUT2D eigenvalue weighted by Crippen LogP contribution is -2.54. The lowest BCUT2D eigenvalue weighted by molar-refractivity contribution is -0.0157. The monoisotopic (exact) mass is 367 g/mol. The van der Waals surface area contributed by atoms with Gasteiger partial charge in [-0.3, -0.25) is 9.87 Å². The van der Waals surface area contributed by atoms with E-state index in [2.05, 4.69) is 14.6 Å². The van der Waals surface area contributed by atoms with Gasteiger partial charge in [0.1, 0.15) is 12.0 Å². The number of ether oxygens (including phenoxy) is 1. The number of nitrogens with zero attached hydrogens (tertiary/aromatic N) is 3. The van der Waals surface area contributed by atoms with Gasteiger partial charge in [-0.15, -0.1) is 4.28 Å². The van der Waals surface area contributed by atoms with Crippen molar-refractivity contribution in [1.29, 1.82) is 0 Å². The molecule has 0 aromatic heterocycles. The Labute approximate surface area is 139 Å². The normalized spacial score (nSPS) is 20.9. The number of aliphatic imine (C=N–C) groups is 1. The van der Waals surface area contributed by atoms with E-state index in [0.29, 0.717) is 10.9 Å². The van der Waals surface area contributed by atoms with Crippen LogP contribution in [0.1, 0.15) is 19.8 Å². The van der Waals surface area contributed by atoms with E-state index in [0.717, 1.165) is 25.9 Å². The zero-order valence-corrected chi connectivity index (χ0v) is 13.8. The fourth-order valence-electron chi connectivity index (χ4n) is 2.21. The maximum Gasteiger partial charge on any atom is 0.418 e. The highest BCUT2D eigenvalue weighted by Crippen LogP contribution is 2.20. The van der Waals surface area contributed by atoms with E-state index in [1.165, 1.54) is 6.08 Å². The molecule has 1 amide bonds. The molecular formula is C11H21N5O7S. The molecule has 12 nitrogen and oxygen atoms in total. The standard InChI is InChI=1S/C11H19N5O6S.H2O/c1-2-21-11(17)14-10-13-9(15-5-3-4-6-15)7-8(12)16(10)22-23(18,19)20;/h7-8H,2-6,12H2,1H3,(H,13,14,17)(H,18,19,20);1H2. The summed E-state index contributed by atoms with van der Waals surface area (Å²) in [5.74, 6) is 0.190. The molecule has 0 aromatic carbocycles. The van der Waals surface area contributed by atoms with Gasteiger partial charge in [-0.1, -0.05) is 0 Å². The average Bonchev–Trinajstić information content (AvgIpc) is 2.95. The quantitative estimate of drug-likeness (QED) is 0.500. The summed E-state index contributed by atoms with van der Waals surface area (Å²) in [4.78, 5) is 17.7. The predicted octanol–water partition coefficient (Wildman–Crippen LogP) is -1.46. The van der Waals surface area contributed by atoms with Crippen molar-refractivity contribution in [2.45, 2.75) is 25.9 Å². The Kier molecular flexibility index (Phi) is 6.92. The minimum atomic E-state index is -4.84. The summed E-state index contributed by atoms with van der Waals surface area (Å²) in [5, 5.41) is 2.82. The van der Waals surface area contributed by atoms with Crippen molar-refractivity contribution in [2.75, 3.05) is 19.7 Å². The Hall–Kier alpha value is -1.93.